The third kappa shape index (κ3) is 2.40. The molecule has 3 aromatic rings. The molecule has 0 unspecified atom stereocenters. The predicted octanol–water partition coefficient (Wildman–Crippen LogP) is 4.38. The first-order chi connectivity index (χ1) is 9.65. The fraction of sp³-hybridized carbons (Fsp3) is 0. The molecule has 20 heavy (non-hydrogen) atoms. The second kappa shape index (κ2) is 5.23. The molecule has 0 aliphatic heterocycles. The van der Waals surface area contributed by atoms with Crippen molar-refractivity contribution in [1.29, 1.82) is 0 Å². The first-order valence-corrected chi connectivity index (χ1v) is 6.54. The van der Waals surface area contributed by atoms with Crippen molar-refractivity contribution in [3.63, 3.8) is 0 Å². The highest BCUT2D eigenvalue weighted by Crippen LogP contribution is 2.27. The molecule has 100 valence electrons. The van der Waals surface area contributed by atoms with E-state index in [0.717, 1.165) is 0 Å². The van der Waals surface area contributed by atoms with E-state index < -0.39 is 0 Å². The Bertz CT molecular complexity index is 753. The zero-order valence-corrected chi connectivity index (χ0v) is 11.6. The van der Waals surface area contributed by atoms with Gasteiger partial charge < -0.3 is 0 Å². The van der Waals surface area contributed by atoms with Crippen LogP contribution in [-0.2, 0) is 0 Å². The minimum atomic E-state index is -0.323. The van der Waals surface area contributed by atoms with E-state index in [4.69, 9.17) is 23.2 Å². The summed E-state index contributed by atoms with van der Waals surface area (Å²) in [6.07, 6.45) is 0. The topological polar surface area (TPSA) is 30.7 Å². The lowest BCUT2D eigenvalue weighted by Gasteiger charge is -2.01. The summed E-state index contributed by atoms with van der Waals surface area (Å²) in [4.78, 5) is 4.18. The Kier molecular flexibility index (Phi) is 3.42. The van der Waals surface area contributed by atoms with Crippen molar-refractivity contribution in [1.82, 2.24) is 14.8 Å². The smallest absolute Gasteiger partial charge is 0.207 e. The number of hydrogen-bond donors (Lipinski definition) is 0. The molecule has 2 aromatic carbocycles. The summed E-state index contributed by atoms with van der Waals surface area (Å²) in [5.74, 6) is 0.0984. The van der Waals surface area contributed by atoms with Crippen molar-refractivity contribution in [2.75, 3.05) is 0 Å². The molecule has 0 spiro atoms. The van der Waals surface area contributed by atoms with Gasteiger partial charge in [-0.05, 0) is 48.0 Å². The van der Waals surface area contributed by atoms with E-state index in [0.29, 0.717) is 22.1 Å². The van der Waals surface area contributed by atoms with Crippen LogP contribution in [0.1, 0.15) is 0 Å². The zero-order valence-electron chi connectivity index (χ0n) is 10.1. The second-order valence-corrected chi connectivity index (χ2v) is 4.82. The first-order valence-electron chi connectivity index (χ1n) is 5.78. The second-order valence-electron chi connectivity index (χ2n) is 4.07. The SMILES string of the molecule is Fc1ccc(-n2nc(-c3ccccc3Cl)nc2Cl)cc1. The predicted molar refractivity (Wildman–Crippen MR) is 76.8 cm³/mol. The van der Waals surface area contributed by atoms with Crippen LogP contribution >= 0.6 is 23.2 Å². The summed E-state index contributed by atoms with van der Waals surface area (Å²) in [7, 11) is 0. The Hall–Kier alpha value is -1.91. The quantitative estimate of drug-likeness (QED) is 0.703. The lowest BCUT2D eigenvalue weighted by atomic mass is 10.2. The normalized spacial score (nSPS) is 10.8. The third-order valence-corrected chi connectivity index (χ3v) is 3.33. The Morgan fingerprint density at radius 3 is 2.35 bits per heavy atom. The highest BCUT2D eigenvalue weighted by Gasteiger charge is 2.13. The Balaban J connectivity index is 2.08. The molecule has 0 aliphatic rings. The Labute approximate surface area is 124 Å². The largest absolute Gasteiger partial charge is 0.226 e. The van der Waals surface area contributed by atoms with Gasteiger partial charge in [0.2, 0.25) is 5.28 Å². The molecule has 6 heteroatoms. The summed E-state index contributed by atoms with van der Waals surface area (Å²) in [6.45, 7) is 0. The zero-order chi connectivity index (χ0) is 14.1. The molecular formula is C14H8Cl2FN3. The summed E-state index contributed by atoms with van der Waals surface area (Å²) in [5, 5.41) is 5.04. The summed E-state index contributed by atoms with van der Waals surface area (Å²) < 4.78 is 14.4. The van der Waals surface area contributed by atoms with Crippen molar-refractivity contribution in [3.8, 4) is 17.1 Å². The fourth-order valence-electron chi connectivity index (χ4n) is 1.80. The van der Waals surface area contributed by atoms with Gasteiger partial charge in [-0.15, -0.1) is 5.10 Å². The van der Waals surface area contributed by atoms with Gasteiger partial charge in [-0.2, -0.15) is 4.98 Å². The van der Waals surface area contributed by atoms with Crippen molar-refractivity contribution in [2.45, 2.75) is 0 Å². The molecule has 1 heterocycles. The molecule has 0 amide bonds. The molecule has 0 atom stereocenters. The molecule has 1 aromatic heterocycles. The van der Waals surface area contributed by atoms with Crippen LogP contribution in [0.3, 0.4) is 0 Å². The van der Waals surface area contributed by atoms with Crippen LogP contribution in [0, 0.1) is 5.82 Å². The number of rotatable bonds is 2. The number of hydrogen-bond acceptors (Lipinski definition) is 2. The van der Waals surface area contributed by atoms with E-state index >= 15 is 0 Å². The minimum absolute atomic E-state index is 0.187. The molecule has 0 fully saturated rings. The highest BCUT2D eigenvalue weighted by atomic mass is 35.5. The monoisotopic (exact) mass is 307 g/mol. The van der Waals surface area contributed by atoms with E-state index in [9.17, 15) is 4.39 Å². The maximum Gasteiger partial charge on any atom is 0.226 e. The molecule has 3 rings (SSSR count). The summed E-state index contributed by atoms with van der Waals surface area (Å²) >= 11 is 12.2. The average Bonchev–Trinajstić information content (AvgIpc) is 2.82. The number of nitrogens with zero attached hydrogens (tertiary/aromatic N) is 3. The van der Waals surface area contributed by atoms with E-state index in [-0.39, 0.29) is 11.1 Å². The van der Waals surface area contributed by atoms with Crippen LogP contribution in [0.15, 0.2) is 48.5 Å². The van der Waals surface area contributed by atoms with Crippen LogP contribution in [0.2, 0.25) is 10.3 Å². The lowest BCUT2D eigenvalue weighted by Crippen LogP contribution is -1.96. The van der Waals surface area contributed by atoms with E-state index in [2.05, 4.69) is 10.1 Å². The van der Waals surface area contributed by atoms with Gasteiger partial charge in [0.15, 0.2) is 5.82 Å². The number of halogens is 3. The van der Waals surface area contributed by atoms with Crippen LogP contribution in [0.25, 0.3) is 17.1 Å². The Morgan fingerprint density at radius 1 is 0.950 bits per heavy atom. The number of aromatic nitrogens is 3. The molecule has 0 saturated heterocycles. The molecule has 0 bridgehead atoms. The minimum Gasteiger partial charge on any atom is -0.207 e. The van der Waals surface area contributed by atoms with Crippen LogP contribution < -0.4 is 0 Å². The molecule has 0 radical (unpaired) electrons. The van der Waals surface area contributed by atoms with Gasteiger partial charge in [-0.25, -0.2) is 9.07 Å². The summed E-state index contributed by atoms with van der Waals surface area (Å²) in [6, 6.07) is 13.0. The van der Waals surface area contributed by atoms with Gasteiger partial charge in [0.1, 0.15) is 5.82 Å². The molecule has 0 N–H and O–H groups in total. The van der Waals surface area contributed by atoms with Crippen LogP contribution in [-0.4, -0.2) is 14.8 Å². The van der Waals surface area contributed by atoms with Crippen molar-refractivity contribution < 1.29 is 4.39 Å². The summed E-state index contributed by atoms with van der Waals surface area (Å²) in [5.41, 5.74) is 1.32. The maximum absolute atomic E-state index is 12.9. The van der Waals surface area contributed by atoms with E-state index in [1.807, 2.05) is 18.2 Å². The molecule has 0 aliphatic carbocycles. The van der Waals surface area contributed by atoms with Crippen molar-refractivity contribution in [2.24, 2.45) is 0 Å². The van der Waals surface area contributed by atoms with Gasteiger partial charge in [0.25, 0.3) is 0 Å². The number of benzene rings is 2. The van der Waals surface area contributed by atoms with E-state index in [1.165, 1.54) is 16.8 Å². The fourth-order valence-corrected chi connectivity index (χ4v) is 2.23. The molecule has 0 saturated carbocycles. The lowest BCUT2D eigenvalue weighted by molar-refractivity contribution is 0.627. The third-order valence-electron chi connectivity index (χ3n) is 2.75. The van der Waals surface area contributed by atoms with Crippen LogP contribution in [0.5, 0.6) is 0 Å². The Morgan fingerprint density at radius 2 is 1.65 bits per heavy atom. The average molecular weight is 308 g/mol. The van der Waals surface area contributed by atoms with Gasteiger partial charge >= 0.3 is 0 Å². The molecular weight excluding hydrogens is 300 g/mol. The van der Waals surface area contributed by atoms with Crippen molar-refractivity contribution >= 4 is 23.2 Å². The maximum atomic E-state index is 12.9. The van der Waals surface area contributed by atoms with Crippen LogP contribution in [0.4, 0.5) is 4.39 Å². The first kappa shape index (κ1) is 13.1. The van der Waals surface area contributed by atoms with E-state index in [1.54, 1.807) is 18.2 Å². The molecule has 3 nitrogen and oxygen atoms in total. The van der Waals surface area contributed by atoms with Gasteiger partial charge in [-0.3, -0.25) is 0 Å². The highest BCUT2D eigenvalue weighted by molar-refractivity contribution is 6.33. The van der Waals surface area contributed by atoms with Gasteiger partial charge in [0.05, 0.1) is 10.7 Å². The van der Waals surface area contributed by atoms with Crippen molar-refractivity contribution in [3.05, 3.63) is 64.7 Å². The van der Waals surface area contributed by atoms with Gasteiger partial charge in [-0.1, -0.05) is 23.7 Å². The standard InChI is InChI=1S/C14H8Cl2FN3/c15-12-4-2-1-3-11(12)13-18-14(16)20(19-13)10-7-5-9(17)6-8-10/h1-8H. The van der Waals surface area contributed by atoms with Gasteiger partial charge in [0, 0.05) is 5.56 Å².